The van der Waals surface area contributed by atoms with Gasteiger partial charge in [-0.1, -0.05) is 23.8 Å². The molecule has 0 bridgehead atoms. The van der Waals surface area contributed by atoms with Crippen LogP contribution in [0.15, 0.2) is 63.8 Å². The highest BCUT2D eigenvalue weighted by Gasteiger charge is 2.43. The van der Waals surface area contributed by atoms with Gasteiger partial charge in [-0.2, -0.15) is 0 Å². The smallest absolute Gasteiger partial charge is 0.291 e. The Morgan fingerprint density at radius 2 is 1.72 bits per heavy atom. The van der Waals surface area contributed by atoms with Crippen LogP contribution in [0.2, 0.25) is 0 Å². The third-order valence-corrected chi connectivity index (χ3v) is 6.63. The minimum Gasteiger partial charge on any atom is -0.493 e. The van der Waals surface area contributed by atoms with Gasteiger partial charge in [-0.3, -0.25) is 9.59 Å². The summed E-state index contributed by atoms with van der Waals surface area (Å²) in [5.41, 5.74) is 2.94. The number of amides is 1. The molecule has 2 aliphatic rings. The number of hydrogen-bond acceptors (Lipinski definition) is 7. The van der Waals surface area contributed by atoms with Gasteiger partial charge in [0, 0.05) is 6.54 Å². The van der Waals surface area contributed by atoms with Crippen LogP contribution in [0, 0.1) is 6.92 Å². The van der Waals surface area contributed by atoms with Gasteiger partial charge in [0.15, 0.2) is 28.4 Å². The number of carbonyl (C=O) groups is 1. The van der Waals surface area contributed by atoms with E-state index < -0.39 is 6.04 Å². The topological polar surface area (TPSA) is 87.4 Å². The van der Waals surface area contributed by atoms with Crippen molar-refractivity contribution in [2.24, 2.45) is 0 Å². The van der Waals surface area contributed by atoms with Gasteiger partial charge in [-0.05, 0) is 54.4 Å². The average Bonchev–Trinajstić information content (AvgIpc) is 3.47. The van der Waals surface area contributed by atoms with E-state index >= 15 is 0 Å². The first-order chi connectivity index (χ1) is 17.5. The highest BCUT2D eigenvalue weighted by Crippen LogP contribution is 2.42. The second-order valence-corrected chi connectivity index (χ2v) is 8.81. The Hall–Kier alpha value is -4.46. The average molecular weight is 485 g/mol. The van der Waals surface area contributed by atoms with E-state index in [0.29, 0.717) is 45.1 Å². The maximum atomic E-state index is 13.8. The van der Waals surface area contributed by atoms with E-state index in [1.54, 1.807) is 43.4 Å². The van der Waals surface area contributed by atoms with Gasteiger partial charge in [0.25, 0.3) is 5.91 Å². The summed E-state index contributed by atoms with van der Waals surface area (Å²) in [6.45, 7) is 2.30. The number of benzene rings is 3. The second kappa shape index (κ2) is 8.34. The fourth-order valence-corrected chi connectivity index (χ4v) is 4.90. The molecule has 8 heteroatoms. The summed E-state index contributed by atoms with van der Waals surface area (Å²) in [7, 11) is 3.10. The van der Waals surface area contributed by atoms with Crippen molar-refractivity contribution in [2.45, 2.75) is 19.5 Å². The standard InChI is InChI=1S/C28H23NO7/c1-15-4-7-19-18(10-15)26(30)24-25(17-6-9-20(32-2)22(12-17)33-3)29(28(31)27(24)36-19)13-16-5-8-21-23(11-16)35-14-34-21/h4-12,25H,13-14H2,1-3H3. The van der Waals surface area contributed by atoms with Gasteiger partial charge in [0.05, 0.1) is 31.2 Å². The molecule has 8 nitrogen and oxygen atoms in total. The molecule has 182 valence electrons. The summed E-state index contributed by atoms with van der Waals surface area (Å²) in [4.78, 5) is 29.2. The van der Waals surface area contributed by atoms with Crippen LogP contribution < -0.4 is 24.4 Å². The van der Waals surface area contributed by atoms with Crippen LogP contribution in [-0.4, -0.2) is 31.8 Å². The normalized spacial score (nSPS) is 15.9. The predicted molar refractivity (Wildman–Crippen MR) is 131 cm³/mol. The summed E-state index contributed by atoms with van der Waals surface area (Å²) >= 11 is 0. The maximum absolute atomic E-state index is 13.8. The summed E-state index contributed by atoms with van der Waals surface area (Å²) in [6.07, 6.45) is 0. The first-order valence-corrected chi connectivity index (χ1v) is 11.5. The van der Waals surface area contributed by atoms with Crippen LogP contribution in [0.1, 0.15) is 38.9 Å². The fraction of sp³-hybridized carbons (Fsp3) is 0.214. The van der Waals surface area contributed by atoms with E-state index in [0.717, 1.165) is 11.1 Å². The van der Waals surface area contributed by atoms with Gasteiger partial charge < -0.3 is 28.3 Å². The predicted octanol–water partition coefficient (Wildman–Crippen LogP) is 4.59. The SMILES string of the molecule is COc1ccc(C2c3c(oc4ccc(C)cc4c3=O)C(=O)N2Cc2ccc3c(c2)OCO3)cc1OC. The van der Waals surface area contributed by atoms with Crippen molar-refractivity contribution >= 4 is 16.9 Å². The number of carbonyl (C=O) groups excluding carboxylic acids is 1. The van der Waals surface area contributed by atoms with Gasteiger partial charge in [0.2, 0.25) is 12.6 Å². The van der Waals surface area contributed by atoms with Crippen LogP contribution >= 0.6 is 0 Å². The molecular weight excluding hydrogens is 462 g/mol. The lowest BCUT2D eigenvalue weighted by molar-refractivity contribution is 0.0714. The monoisotopic (exact) mass is 485 g/mol. The number of fused-ring (bicyclic) bond motifs is 3. The zero-order valence-corrected chi connectivity index (χ0v) is 20.0. The molecule has 1 aromatic heterocycles. The quantitative estimate of drug-likeness (QED) is 0.409. The molecule has 3 aromatic carbocycles. The molecule has 36 heavy (non-hydrogen) atoms. The Morgan fingerprint density at radius 3 is 2.53 bits per heavy atom. The van der Waals surface area contributed by atoms with E-state index in [-0.39, 0.29) is 30.4 Å². The van der Waals surface area contributed by atoms with Crippen molar-refractivity contribution < 1.29 is 28.2 Å². The second-order valence-electron chi connectivity index (χ2n) is 8.81. The summed E-state index contributed by atoms with van der Waals surface area (Å²) in [5, 5.41) is 0.442. The van der Waals surface area contributed by atoms with Gasteiger partial charge in [-0.25, -0.2) is 0 Å². The number of aryl methyl sites for hydroxylation is 1. The van der Waals surface area contributed by atoms with Crippen molar-refractivity contribution in [1.82, 2.24) is 4.90 Å². The first-order valence-electron chi connectivity index (χ1n) is 11.5. The Bertz CT molecular complexity index is 1590. The molecule has 0 spiro atoms. The Labute approximate surface area is 206 Å². The maximum Gasteiger partial charge on any atom is 0.291 e. The Morgan fingerprint density at radius 1 is 0.917 bits per heavy atom. The van der Waals surface area contributed by atoms with Crippen LogP contribution in [0.3, 0.4) is 0 Å². The fourth-order valence-electron chi connectivity index (χ4n) is 4.90. The third-order valence-electron chi connectivity index (χ3n) is 6.63. The molecule has 1 amide bonds. The molecule has 0 fully saturated rings. The lowest BCUT2D eigenvalue weighted by Gasteiger charge is -2.26. The molecule has 0 aliphatic carbocycles. The Kier molecular flexibility index (Phi) is 5.10. The molecule has 0 radical (unpaired) electrons. The molecule has 3 heterocycles. The highest BCUT2D eigenvalue weighted by molar-refractivity contribution is 5.99. The lowest BCUT2D eigenvalue weighted by atomic mass is 9.97. The van der Waals surface area contributed by atoms with Gasteiger partial charge in [-0.15, -0.1) is 0 Å². The summed E-state index contributed by atoms with van der Waals surface area (Å²) in [5.74, 6) is 2.02. The summed E-state index contributed by atoms with van der Waals surface area (Å²) < 4.78 is 27.9. The van der Waals surface area contributed by atoms with Crippen LogP contribution in [0.5, 0.6) is 23.0 Å². The minimum absolute atomic E-state index is 0.0527. The van der Waals surface area contributed by atoms with Crippen molar-refractivity contribution in [3.8, 4) is 23.0 Å². The third kappa shape index (κ3) is 3.37. The molecule has 0 saturated carbocycles. The highest BCUT2D eigenvalue weighted by atomic mass is 16.7. The minimum atomic E-state index is -0.682. The van der Waals surface area contributed by atoms with Crippen molar-refractivity contribution in [3.05, 3.63) is 92.8 Å². The van der Waals surface area contributed by atoms with Crippen molar-refractivity contribution in [3.63, 3.8) is 0 Å². The number of hydrogen-bond donors (Lipinski definition) is 0. The molecule has 2 aliphatic heterocycles. The number of ether oxygens (including phenoxy) is 4. The van der Waals surface area contributed by atoms with Crippen LogP contribution in [0.25, 0.3) is 11.0 Å². The number of rotatable bonds is 5. The molecular formula is C28H23NO7. The first kappa shape index (κ1) is 22.0. The molecule has 0 saturated heterocycles. The molecule has 1 atom stereocenters. The van der Waals surface area contributed by atoms with E-state index in [2.05, 4.69) is 0 Å². The number of methoxy groups -OCH3 is 2. The van der Waals surface area contributed by atoms with Crippen LogP contribution in [-0.2, 0) is 6.54 Å². The van der Waals surface area contributed by atoms with E-state index in [1.165, 1.54) is 0 Å². The molecule has 4 aromatic rings. The lowest BCUT2D eigenvalue weighted by Crippen LogP contribution is -2.29. The Balaban J connectivity index is 1.53. The van der Waals surface area contributed by atoms with E-state index in [9.17, 15) is 9.59 Å². The zero-order chi connectivity index (χ0) is 25.0. The van der Waals surface area contributed by atoms with Crippen LogP contribution in [0.4, 0.5) is 0 Å². The molecule has 6 rings (SSSR count). The van der Waals surface area contributed by atoms with Crippen molar-refractivity contribution in [2.75, 3.05) is 21.0 Å². The number of nitrogens with zero attached hydrogens (tertiary/aromatic N) is 1. The van der Waals surface area contributed by atoms with E-state index in [4.69, 9.17) is 23.4 Å². The molecule has 1 unspecified atom stereocenters. The largest absolute Gasteiger partial charge is 0.493 e. The zero-order valence-electron chi connectivity index (χ0n) is 20.0. The van der Waals surface area contributed by atoms with E-state index in [1.807, 2.05) is 37.3 Å². The molecule has 0 N–H and O–H groups in total. The summed E-state index contributed by atoms with van der Waals surface area (Å²) in [6, 6.07) is 15.6. The van der Waals surface area contributed by atoms with Gasteiger partial charge >= 0.3 is 0 Å². The van der Waals surface area contributed by atoms with Crippen molar-refractivity contribution in [1.29, 1.82) is 0 Å². The van der Waals surface area contributed by atoms with Gasteiger partial charge in [0.1, 0.15) is 5.58 Å².